The summed E-state index contributed by atoms with van der Waals surface area (Å²) >= 11 is 1.63. The topological polar surface area (TPSA) is 68.0 Å². The first kappa shape index (κ1) is 15.3. The third-order valence-electron chi connectivity index (χ3n) is 3.24. The SMILES string of the molecule is CSc1cccc(-c2nnc(NC(=O)c3cccc(C)c3)o2)c1. The number of thioether (sulfide) groups is 1. The van der Waals surface area contributed by atoms with Crippen LogP contribution in [0.25, 0.3) is 11.5 Å². The molecule has 3 aromatic rings. The maximum absolute atomic E-state index is 12.2. The molecule has 0 aliphatic rings. The van der Waals surface area contributed by atoms with Gasteiger partial charge in [0.25, 0.3) is 5.91 Å². The van der Waals surface area contributed by atoms with E-state index in [-0.39, 0.29) is 11.9 Å². The summed E-state index contributed by atoms with van der Waals surface area (Å²) in [7, 11) is 0. The number of benzene rings is 2. The molecule has 0 saturated carbocycles. The zero-order chi connectivity index (χ0) is 16.2. The van der Waals surface area contributed by atoms with Gasteiger partial charge in [-0.15, -0.1) is 16.9 Å². The number of rotatable bonds is 4. The number of carbonyl (C=O) groups excluding carboxylic acids is 1. The molecule has 3 rings (SSSR count). The molecule has 0 unspecified atom stereocenters. The van der Waals surface area contributed by atoms with Gasteiger partial charge in [0.15, 0.2) is 0 Å². The summed E-state index contributed by atoms with van der Waals surface area (Å²) in [6, 6.07) is 15.2. The van der Waals surface area contributed by atoms with E-state index in [4.69, 9.17) is 4.42 Å². The Hall–Kier alpha value is -2.60. The Morgan fingerprint density at radius 3 is 2.74 bits per heavy atom. The van der Waals surface area contributed by atoms with E-state index < -0.39 is 0 Å². The number of hydrogen-bond donors (Lipinski definition) is 1. The number of aryl methyl sites for hydroxylation is 1. The van der Waals surface area contributed by atoms with Gasteiger partial charge in [-0.1, -0.05) is 28.9 Å². The molecule has 5 nitrogen and oxygen atoms in total. The summed E-state index contributed by atoms with van der Waals surface area (Å²) in [6.45, 7) is 1.93. The van der Waals surface area contributed by atoms with E-state index >= 15 is 0 Å². The third kappa shape index (κ3) is 3.60. The zero-order valence-corrected chi connectivity index (χ0v) is 13.6. The lowest BCUT2D eigenvalue weighted by atomic mass is 10.1. The van der Waals surface area contributed by atoms with E-state index in [1.165, 1.54) is 0 Å². The van der Waals surface area contributed by atoms with Crippen molar-refractivity contribution in [3.63, 3.8) is 0 Å². The molecule has 0 radical (unpaired) electrons. The van der Waals surface area contributed by atoms with Gasteiger partial charge >= 0.3 is 6.01 Å². The van der Waals surface area contributed by atoms with Gasteiger partial charge in [-0.25, -0.2) is 0 Å². The highest BCUT2D eigenvalue weighted by molar-refractivity contribution is 7.98. The maximum Gasteiger partial charge on any atom is 0.322 e. The lowest BCUT2D eigenvalue weighted by molar-refractivity contribution is 0.102. The van der Waals surface area contributed by atoms with Crippen molar-refractivity contribution in [1.82, 2.24) is 10.2 Å². The van der Waals surface area contributed by atoms with Crippen molar-refractivity contribution in [2.45, 2.75) is 11.8 Å². The molecule has 0 aliphatic carbocycles. The van der Waals surface area contributed by atoms with Gasteiger partial charge in [0, 0.05) is 16.0 Å². The lowest BCUT2D eigenvalue weighted by Crippen LogP contribution is -2.12. The summed E-state index contributed by atoms with van der Waals surface area (Å²) in [4.78, 5) is 13.3. The van der Waals surface area contributed by atoms with Crippen LogP contribution in [0.15, 0.2) is 57.8 Å². The van der Waals surface area contributed by atoms with Crippen LogP contribution in [0.4, 0.5) is 6.01 Å². The Kier molecular flexibility index (Phi) is 4.43. The van der Waals surface area contributed by atoms with Crippen molar-refractivity contribution in [1.29, 1.82) is 0 Å². The average Bonchev–Trinajstić information content (AvgIpc) is 3.03. The minimum atomic E-state index is -0.276. The average molecular weight is 325 g/mol. The van der Waals surface area contributed by atoms with Crippen LogP contribution in [0.5, 0.6) is 0 Å². The Morgan fingerprint density at radius 2 is 1.96 bits per heavy atom. The number of carbonyl (C=O) groups is 1. The molecule has 0 aliphatic heterocycles. The summed E-state index contributed by atoms with van der Waals surface area (Å²) in [5, 5.41) is 10.5. The highest BCUT2D eigenvalue weighted by Crippen LogP contribution is 2.24. The van der Waals surface area contributed by atoms with Crippen LogP contribution >= 0.6 is 11.8 Å². The fourth-order valence-electron chi connectivity index (χ4n) is 2.10. The second-order valence-corrected chi connectivity index (χ2v) is 5.85. The molecule has 116 valence electrons. The van der Waals surface area contributed by atoms with Gasteiger partial charge in [-0.2, -0.15) is 0 Å². The summed E-state index contributed by atoms with van der Waals surface area (Å²) < 4.78 is 5.53. The quantitative estimate of drug-likeness (QED) is 0.734. The fraction of sp³-hybridized carbons (Fsp3) is 0.118. The van der Waals surface area contributed by atoms with Crippen molar-refractivity contribution >= 4 is 23.7 Å². The molecule has 1 N–H and O–H groups in total. The molecule has 23 heavy (non-hydrogen) atoms. The number of anilines is 1. The smallest absolute Gasteiger partial charge is 0.322 e. The predicted molar refractivity (Wildman–Crippen MR) is 90.6 cm³/mol. The molecule has 0 bridgehead atoms. The van der Waals surface area contributed by atoms with E-state index in [1.807, 2.05) is 49.6 Å². The first-order valence-corrected chi connectivity index (χ1v) is 8.24. The monoisotopic (exact) mass is 325 g/mol. The van der Waals surface area contributed by atoms with Gasteiger partial charge in [0.05, 0.1) is 0 Å². The van der Waals surface area contributed by atoms with Crippen LogP contribution in [0.1, 0.15) is 15.9 Å². The molecule has 0 saturated heterocycles. The highest BCUT2D eigenvalue weighted by Gasteiger charge is 2.13. The molecular formula is C17H15N3O2S. The summed E-state index contributed by atoms with van der Waals surface area (Å²) in [5.74, 6) is 0.0993. The minimum Gasteiger partial charge on any atom is -0.403 e. The zero-order valence-electron chi connectivity index (χ0n) is 12.7. The van der Waals surface area contributed by atoms with Gasteiger partial charge in [-0.05, 0) is 43.5 Å². The number of nitrogens with one attached hydrogen (secondary N) is 1. The van der Waals surface area contributed by atoms with E-state index in [0.29, 0.717) is 11.5 Å². The molecule has 2 aromatic carbocycles. The molecule has 1 heterocycles. The van der Waals surface area contributed by atoms with Crippen LogP contribution in [-0.4, -0.2) is 22.4 Å². The van der Waals surface area contributed by atoms with Crippen molar-refractivity contribution < 1.29 is 9.21 Å². The van der Waals surface area contributed by atoms with Crippen LogP contribution in [0.2, 0.25) is 0 Å². The Balaban J connectivity index is 1.78. The van der Waals surface area contributed by atoms with Crippen LogP contribution < -0.4 is 5.32 Å². The molecule has 1 aromatic heterocycles. The number of hydrogen-bond acceptors (Lipinski definition) is 5. The standard InChI is InChI=1S/C17H15N3O2S/c1-11-5-3-6-12(9-11)15(21)18-17-20-19-16(22-17)13-7-4-8-14(10-13)23-2/h3-10H,1-2H3,(H,18,20,21). The number of aromatic nitrogens is 2. The first-order valence-electron chi connectivity index (χ1n) is 7.01. The van der Waals surface area contributed by atoms with Gasteiger partial charge in [0.1, 0.15) is 0 Å². The van der Waals surface area contributed by atoms with Crippen LogP contribution in [-0.2, 0) is 0 Å². The Labute approximate surface area is 138 Å². The first-order chi connectivity index (χ1) is 11.2. The summed E-state index contributed by atoms with van der Waals surface area (Å²) in [5.41, 5.74) is 2.38. The molecule has 0 spiro atoms. The number of nitrogens with zero attached hydrogens (tertiary/aromatic N) is 2. The molecule has 0 atom stereocenters. The van der Waals surface area contributed by atoms with Crippen LogP contribution in [0, 0.1) is 6.92 Å². The van der Waals surface area contributed by atoms with E-state index in [1.54, 1.807) is 23.9 Å². The van der Waals surface area contributed by atoms with E-state index in [0.717, 1.165) is 16.0 Å². The largest absolute Gasteiger partial charge is 0.403 e. The minimum absolute atomic E-state index is 0.0843. The Morgan fingerprint density at radius 1 is 1.13 bits per heavy atom. The van der Waals surface area contributed by atoms with Crippen molar-refractivity contribution in [3.8, 4) is 11.5 Å². The molecule has 0 fully saturated rings. The fourth-order valence-corrected chi connectivity index (χ4v) is 2.56. The van der Waals surface area contributed by atoms with Crippen molar-refractivity contribution in [2.24, 2.45) is 0 Å². The summed E-state index contributed by atoms with van der Waals surface area (Å²) in [6.07, 6.45) is 2.00. The van der Waals surface area contributed by atoms with E-state index in [9.17, 15) is 4.79 Å². The van der Waals surface area contributed by atoms with Gasteiger partial charge in [-0.3, -0.25) is 10.1 Å². The van der Waals surface area contributed by atoms with Gasteiger partial charge < -0.3 is 4.42 Å². The Bertz CT molecular complexity index is 845. The van der Waals surface area contributed by atoms with Gasteiger partial charge in [0.2, 0.25) is 5.89 Å². The number of amides is 1. The van der Waals surface area contributed by atoms with Crippen molar-refractivity contribution in [3.05, 3.63) is 59.7 Å². The highest BCUT2D eigenvalue weighted by atomic mass is 32.2. The third-order valence-corrected chi connectivity index (χ3v) is 3.97. The molecule has 1 amide bonds. The molecular weight excluding hydrogens is 310 g/mol. The lowest BCUT2D eigenvalue weighted by Gasteiger charge is -2.01. The second-order valence-electron chi connectivity index (χ2n) is 4.97. The maximum atomic E-state index is 12.2. The van der Waals surface area contributed by atoms with Crippen molar-refractivity contribution in [2.75, 3.05) is 11.6 Å². The molecule has 6 heteroatoms. The predicted octanol–water partition coefficient (Wildman–Crippen LogP) is 4.02. The normalized spacial score (nSPS) is 10.5. The second kappa shape index (κ2) is 6.66. The van der Waals surface area contributed by atoms with E-state index in [2.05, 4.69) is 15.5 Å². The van der Waals surface area contributed by atoms with Crippen LogP contribution in [0.3, 0.4) is 0 Å².